The van der Waals surface area contributed by atoms with E-state index in [1.54, 1.807) is 0 Å². The number of fused-ring (bicyclic) bond motifs is 1. The fraction of sp³-hybridized carbons (Fsp3) is 0.133. The molecule has 0 amide bonds. The molecule has 3 rings (SSSR count). The number of hydrogen-bond donors (Lipinski definition) is 1. The Hall–Kier alpha value is -2.13. The van der Waals surface area contributed by atoms with Gasteiger partial charge in [-0.25, -0.2) is 4.98 Å². The molecule has 18 heavy (non-hydrogen) atoms. The molecule has 90 valence electrons. The van der Waals surface area contributed by atoms with E-state index < -0.39 is 0 Å². The molecule has 0 atom stereocenters. The molecule has 3 nitrogen and oxygen atoms in total. The van der Waals surface area contributed by atoms with E-state index in [9.17, 15) is 0 Å². The third-order valence-electron chi connectivity index (χ3n) is 3.10. The second-order valence-corrected chi connectivity index (χ2v) is 4.29. The van der Waals surface area contributed by atoms with E-state index >= 15 is 0 Å². The van der Waals surface area contributed by atoms with Crippen LogP contribution in [-0.4, -0.2) is 9.55 Å². The number of nitrogens with zero attached hydrogens (tertiary/aromatic N) is 2. The van der Waals surface area contributed by atoms with Crippen molar-refractivity contribution < 1.29 is 0 Å². The van der Waals surface area contributed by atoms with Gasteiger partial charge in [-0.1, -0.05) is 42.5 Å². The van der Waals surface area contributed by atoms with E-state index in [1.165, 1.54) is 5.56 Å². The smallest absolute Gasteiger partial charge is 0.123 e. The lowest BCUT2D eigenvalue weighted by atomic mass is 10.2. The van der Waals surface area contributed by atoms with Crippen molar-refractivity contribution in [1.82, 2.24) is 9.55 Å². The Morgan fingerprint density at radius 3 is 2.44 bits per heavy atom. The standard InChI is InChI=1S/C15H15N3/c16-10-15-17-13-8-4-5-9-14(13)18(15)11-12-6-2-1-3-7-12/h1-9H,10-11,16H2. The number of hydrogen-bond acceptors (Lipinski definition) is 2. The van der Waals surface area contributed by atoms with Crippen molar-refractivity contribution in [2.75, 3.05) is 0 Å². The summed E-state index contributed by atoms with van der Waals surface area (Å²) in [6.07, 6.45) is 0. The maximum atomic E-state index is 5.78. The highest BCUT2D eigenvalue weighted by molar-refractivity contribution is 5.76. The van der Waals surface area contributed by atoms with Crippen LogP contribution in [0.3, 0.4) is 0 Å². The first-order valence-electron chi connectivity index (χ1n) is 6.06. The third-order valence-corrected chi connectivity index (χ3v) is 3.10. The van der Waals surface area contributed by atoms with E-state index in [2.05, 4.69) is 39.9 Å². The highest BCUT2D eigenvalue weighted by atomic mass is 15.1. The summed E-state index contributed by atoms with van der Waals surface area (Å²) in [5, 5.41) is 0. The quantitative estimate of drug-likeness (QED) is 0.760. The Morgan fingerprint density at radius 2 is 1.67 bits per heavy atom. The molecule has 0 saturated carbocycles. The van der Waals surface area contributed by atoms with Crippen LogP contribution in [0.4, 0.5) is 0 Å². The van der Waals surface area contributed by atoms with Crippen LogP contribution >= 0.6 is 0 Å². The van der Waals surface area contributed by atoms with Crippen molar-refractivity contribution in [3.63, 3.8) is 0 Å². The lowest BCUT2D eigenvalue weighted by Gasteiger charge is -2.08. The average Bonchev–Trinajstić information content (AvgIpc) is 2.78. The number of nitrogens with two attached hydrogens (primary N) is 1. The summed E-state index contributed by atoms with van der Waals surface area (Å²) in [5.74, 6) is 0.931. The molecule has 3 aromatic rings. The molecule has 2 N–H and O–H groups in total. The Labute approximate surface area is 106 Å². The first-order chi connectivity index (χ1) is 8.88. The van der Waals surface area contributed by atoms with Crippen molar-refractivity contribution in [2.45, 2.75) is 13.1 Å². The van der Waals surface area contributed by atoms with E-state index in [-0.39, 0.29) is 0 Å². The van der Waals surface area contributed by atoms with Gasteiger partial charge in [-0.2, -0.15) is 0 Å². The molecule has 0 aliphatic heterocycles. The van der Waals surface area contributed by atoms with Crippen LogP contribution in [0, 0.1) is 0 Å². The third kappa shape index (κ3) is 1.89. The Morgan fingerprint density at radius 1 is 0.944 bits per heavy atom. The minimum absolute atomic E-state index is 0.460. The van der Waals surface area contributed by atoms with E-state index in [4.69, 9.17) is 5.73 Å². The van der Waals surface area contributed by atoms with Gasteiger partial charge in [-0.3, -0.25) is 0 Å². The first kappa shape index (κ1) is 11.0. The molecule has 0 radical (unpaired) electrons. The van der Waals surface area contributed by atoms with Crippen LogP contribution in [-0.2, 0) is 13.1 Å². The molecule has 0 saturated heterocycles. The molecule has 0 spiro atoms. The predicted molar refractivity (Wildman–Crippen MR) is 73.2 cm³/mol. The molecule has 0 unspecified atom stereocenters. The summed E-state index contributed by atoms with van der Waals surface area (Å²) in [7, 11) is 0. The van der Waals surface area contributed by atoms with Gasteiger partial charge < -0.3 is 10.3 Å². The summed E-state index contributed by atoms with van der Waals surface area (Å²) in [5.41, 5.74) is 9.19. The molecular weight excluding hydrogens is 222 g/mol. The number of rotatable bonds is 3. The number of para-hydroxylation sites is 2. The lowest BCUT2D eigenvalue weighted by molar-refractivity contribution is 0.744. The minimum Gasteiger partial charge on any atom is -0.324 e. The second kappa shape index (κ2) is 4.63. The van der Waals surface area contributed by atoms with Crippen LogP contribution in [0.2, 0.25) is 0 Å². The Balaban J connectivity index is 2.10. The molecule has 1 aromatic heterocycles. The molecule has 0 aliphatic rings. The van der Waals surface area contributed by atoms with Crippen LogP contribution < -0.4 is 5.73 Å². The highest BCUT2D eigenvalue weighted by Gasteiger charge is 2.08. The van der Waals surface area contributed by atoms with Gasteiger partial charge in [0.2, 0.25) is 0 Å². The Kier molecular flexibility index (Phi) is 2.82. The van der Waals surface area contributed by atoms with Gasteiger partial charge in [0, 0.05) is 6.54 Å². The zero-order valence-corrected chi connectivity index (χ0v) is 10.1. The minimum atomic E-state index is 0.460. The molecule has 3 heteroatoms. The van der Waals surface area contributed by atoms with Gasteiger partial charge in [0.05, 0.1) is 17.6 Å². The maximum absolute atomic E-state index is 5.78. The van der Waals surface area contributed by atoms with E-state index in [0.29, 0.717) is 6.54 Å². The molecule has 0 bridgehead atoms. The molecule has 1 heterocycles. The summed E-state index contributed by atoms with van der Waals surface area (Å²) in [6.45, 7) is 1.27. The van der Waals surface area contributed by atoms with Crippen molar-refractivity contribution >= 4 is 11.0 Å². The van der Waals surface area contributed by atoms with E-state index in [1.807, 2.05) is 24.3 Å². The second-order valence-electron chi connectivity index (χ2n) is 4.29. The fourth-order valence-corrected chi connectivity index (χ4v) is 2.22. The predicted octanol–water partition coefficient (Wildman–Crippen LogP) is 2.54. The van der Waals surface area contributed by atoms with Crippen LogP contribution in [0.15, 0.2) is 54.6 Å². The normalized spacial score (nSPS) is 10.9. The van der Waals surface area contributed by atoms with Crippen molar-refractivity contribution in [3.8, 4) is 0 Å². The van der Waals surface area contributed by atoms with Crippen LogP contribution in [0.5, 0.6) is 0 Å². The zero-order valence-electron chi connectivity index (χ0n) is 10.1. The van der Waals surface area contributed by atoms with Crippen molar-refractivity contribution in [3.05, 3.63) is 66.0 Å². The Bertz CT molecular complexity index is 656. The molecule has 2 aromatic carbocycles. The SMILES string of the molecule is NCc1nc2ccccc2n1Cc1ccccc1. The lowest BCUT2D eigenvalue weighted by Crippen LogP contribution is -2.09. The molecular formula is C15H15N3. The summed E-state index contributed by atoms with van der Waals surface area (Å²) < 4.78 is 2.19. The van der Waals surface area contributed by atoms with E-state index in [0.717, 1.165) is 23.4 Å². The molecule has 0 fully saturated rings. The largest absolute Gasteiger partial charge is 0.324 e. The van der Waals surface area contributed by atoms with Crippen molar-refractivity contribution in [2.24, 2.45) is 5.73 Å². The monoisotopic (exact) mass is 237 g/mol. The summed E-state index contributed by atoms with van der Waals surface area (Å²) >= 11 is 0. The van der Waals surface area contributed by atoms with Crippen molar-refractivity contribution in [1.29, 1.82) is 0 Å². The number of imidazole rings is 1. The maximum Gasteiger partial charge on any atom is 0.123 e. The van der Waals surface area contributed by atoms with Gasteiger partial charge in [0.25, 0.3) is 0 Å². The topological polar surface area (TPSA) is 43.8 Å². The fourth-order valence-electron chi connectivity index (χ4n) is 2.22. The molecule has 0 aliphatic carbocycles. The summed E-state index contributed by atoms with van der Waals surface area (Å²) in [6, 6.07) is 18.5. The van der Waals surface area contributed by atoms with Gasteiger partial charge >= 0.3 is 0 Å². The average molecular weight is 237 g/mol. The number of benzene rings is 2. The van der Waals surface area contributed by atoms with Crippen LogP contribution in [0.25, 0.3) is 11.0 Å². The van der Waals surface area contributed by atoms with Gasteiger partial charge in [0.1, 0.15) is 5.82 Å². The zero-order chi connectivity index (χ0) is 12.4. The van der Waals surface area contributed by atoms with Gasteiger partial charge in [-0.15, -0.1) is 0 Å². The first-order valence-corrected chi connectivity index (χ1v) is 6.06. The summed E-state index contributed by atoms with van der Waals surface area (Å²) in [4.78, 5) is 4.57. The highest BCUT2D eigenvalue weighted by Crippen LogP contribution is 2.17. The number of aromatic nitrogens is 2. The van der Waals surface area contributed by atoms with Gasteiger partial charge in [0.15, 0.2) is 0 Å². The van der Waals surface area contributed by atoms with Gasteiger partial charge in [-0.05, 0) is 17.7 Å². The van der Waals surface area contributed by atoms with Crippen LogP contribution in [0.1, 0.15) is 11.4 Å².